The molecule has 0 bridgehead atoms. The van der Waals surface area contributed by atoms with Crippen molar-refractivity contribution >= 4 is 36.8 Å². The van der Waals surface area contributed by atoms with Crippen molar-refractivity contribution in [2.45, 2.75) is 64.6 Å². The SMILES string of the molecule is CCn1cc(Nc2nc(O[C@H]3CN(C(=O)O)CC[C@H]3F)c3ccn(COCC[Si](C)(C)C)c3n2)cn1. The highest BCUT2D eigenvalue weighted by molar-refractivity contribution is 6.76. The molecule has 36 heavy (non-hydrogen) atoms. The van der Waals surface area contributed by atoms with Crippen LogP contribution >= 0.6 is 0 Å². The molecule has 0 unspecified atom stereocenters. The number of carboxylic acid groups (broad SMARTS) is 1. The molecule has 0 aromatic carbocycles. The van der Waals surface area contributed by atoms with Crippen LogP contribution in [0.25, 0.3) is 11.0 Å². The second-order valence-electron chi connectivity index (χ2n) is 10.1. The summed E-state index contributed by atoms with van der Waals surface area (Å²) < 4.78 is 30.3. The van der Waals surface area contributed by atoms with Gasteiger partial charge in [-0.15, -0.1) is 0 Å². The van der Waals surface area contributed by atoms with Crippen LogP contribution in [-0.4, -0.2) is 80.5 Å². The first kappa shape index (κ1) is 25.9. The monoisotopic (exact) mass is 519 g/mol. The fourth-order valence-electron chi connectivity index (χ4n) is 3.87. The van der Waals surface area contributed by atoms with Gasteiger partial charge in [-0.1, -0.05) is 19.6 Å². The first-order valence-electron chi connectivity index (χ1n) is 12.2. The predicted octanol–water partition coefficient (Wildman–Crippen LogP) is 4.17. The van der Waals surface area contributed by atoms with Gasteiger partial charge in [-0.05, 0) is 19.0 Å². The number of hydrogen-bond acceptors (Lipinski definition) is 7. The van der Waals surface area contributed by atoms with Gasteiger partial charge in [-0.3, -0.25) is 4.68 Å². The van der Waals surface area contributed by atoms with E-state index >= 15 is 0 Å². The van der Waals surface area contributed by atoms with Gasteiger partial charge in [0.05, 0.1) is 23.8 Å². The molecular weight excluding hydrogens is 485 g/mol. The van der Waals surface area contributed by atoms with Crippen molar-refractivity contribution < 1.29 is 23.8 Å². The number of carbonyl (C=O) groups is 1. The van der Waals surface area contributed by atoms with E-state index in [1.165, 1.54) is 0 Å². The van der Waals surface area contributed by atoms with Crippen LogP contribution in [0, 0.1) is 0 Å². The van der Waals surface area contributed by atoms with E-state index in [0.29, 0.717) is 36.6 Å². The lowest BCUT2D eigenvalue weighted by Gasteiger charge is -2.33. The molecule has 4 rings (SSSR count). The van der Waals surface area contributed by atoms with Gasteiger partial charge >= 0.3 is 6.09 Å². The van der Waals surface area contributed by atoms with Crippen LogP contribution in [0.5, 0.6) is 5.88 Å². The molecule has 0 radical (unpaired) electrons. The van der Waals surface area contributed by atoms with Gasteiger partial charge in [0, 0.05) is 46.6 Å². The molecule has 0 aliphatic carbocycles. The molecule has 4 heterocycles. The maximum absolute atomic E-state index is 14.7. The lowest BCUT2D eigenvalue weighted by atomic mass is 10.1. The molecule has 0 saturated carbocycles. The molecule has 2 N–H and O–H groups in total. The van der Waals surface area contributed by atoms with Gasteiger partial charge in [-0.2, -0.15) is 15.1 Å². The first-order chi connectivity index (χ1) is 17.1. The highest BCUT2D eigenvalue weighted by Gasteiger charge is 2.34. The summed E-state index contributed by atoms with van der Waals surface area (Å²) in [6.45, 7) is 10.6. The molecule has 1 amide bonds. The number of anilines is 2. The molecule has 3 aromatic heterocycles. The van der Waals surface area contributed by atoms with Crippen LogP contribution < -0.4 is 10.1 Å². The number of hydrogen-bond donors (Lipinski definition) is 2. The molecule has 0 spiro atoms. The minimum atomic E-state index is -1.31. The summed E-state index contributed by atoms with van der Waals surface area (Å²) in [5.74, 6) is 0.447. The number of likely N-dealkylation sites (tertiary alicyclic amines) is 1. The smallest absolute Gasteiger partial charge is 0.407 e. The number of piperidine rings is 1. The topological polar surface area (TPSA) is 120 Å². The summed E-state index contributed by atoms with van der Waals surface area (Å²) in [6, 6.07) is 2.85. The Morgan fingerprint density at radius 1 is 1.33 bits per heavy atom. The van der Waals surface area contributed by atoms with Crippen LogP contribution in [0.1, 0.15) is 13.3 Å². The number of alkyl halides is 1. The van der Waals surface area contributed by atoms with Crippen LogP contribution in [0.4, 0.5) is 20.8 Å². The van der Waals surface area contributed by atoms with E-state index in [0.717, 1.165) is 10.9 Å². The average molecular weight is 520 g/mol. The highest BCUT2D eigenvalue weighted by atomic mass is 28.3. The zero-order valence-corrected chi connectivity index (χ0v) is 22.1. The summed E-state index contributed by atoms with van der Waals surface area (Å²) in [5.41, 5.74) is 1.27. The third-order valence-corrected chi connectivity index (χ3v) is 7.74. The Morgan fingerprint density at radius 2 is 2.14 bits per heavy atom. The molecule has 196 valence electrons. The Bertz CT molecular complexity index is 1200. The summed E-state index contributed by atoms with van der Waals surface area (Å²) in [4.78, 5) is 21.8. The van der Waals surface area contributed by atoms with Crippen molar-refractivity contribution in [3.8, 4) is 5.88 Å². The number of aryl methyl sites for hydroxylation is 1. The van der Waals surface area contributed by atoms with E-state index in [1.54, 1.807) is 16.9 Å². The normalized spacial score (nSPS) is 18.5. The van der Waals surface area contributed by atoms with E-state index in [1.807, 2.05) is 23.9 Å². The molecule has 3 aromatic rings. The number of fused-ring (bicyclic) bond motifs is 1. The largest absolute Gasteiger partial charge is 0.469 e. The number of amides is 1. The van der Waals surface area contributed by atoms with Crippen molar-refractivity contribution in [2.24, 2.45) is 0 Å². The van der Waals surface area contributed by atoms with Crippen LogP contribution in [-0.2, 0) is 18.0 Å². The molecule has 1 aliphatic rings. The van der Waals surface area contributed by atoms with Crippen molar-refractivity contribution in [1.82, 2.24) is 29.2 Å². The van der Waals surface area contributed by atoms with E-state index in [2.05, 4.69) is 40.0 Å². The van der Waals surface area contributed by atoms with E-state index in [-0.39, 0.29) is 31.3 Å². The van der Waals surface area contributed by atoms with Gasteiger partial charge in [0.1, 0.15) is 19.0 Å². The van der Waals surface area contributed by atoms with Gasteiger partial charge < -0.3 is 29.4 Å². The molecule has 1 fully saturated rings. The summed E-state index contributed by atoms with van der Waals surface area (Å²) in [6.07, 6.45) is 2.02. The Labute approximate surface area is 210 Å². The third-order valence-electron chi connectivity index (χ3n) is 6.04. The third kappa shape index (κ3) is 6.32. The Kier molecular flexibility index (Phi) is 7.78. The molecule has 11 nitrogen and oxygen atoms in total. The quantitative estimate of drug-likeness (QED) is 0.303. The van der Waals surface area contributed by atoms with Crippen LogP contribution in [0.3, 0.4) is 0 Å². The Balaban J connectivity index is 1.61. The molecular formula is C23H34FN7O4Si. The van der Waals surface area contributed by atoms with E-state index < -0.39 is 26.4 Å². The molecule has 1 aliphatic heterocycles. The van der Waals surface area contributed by atoms with Gasteiger partial charge in [0.2, 0.25) is 11.8 Å². The standard InChI is InChI=1S/C23H34FN7O4Si/c1-5-31-13-16(12-25-31)26-22-27-20-17(6-8-30(20)15-34-10-11-36(2,3)4)21(28-22)35-19-14-29(23(32)33)9-7-18(19)24/h6,8,12-13,18-19H,5,7,9-11,14-15H2,1-4H3,(H,32,33)(H,26,27,28)/t18-,19+/m1/s1. The highest BCUT2D eigenvalue weighted by Crippen LogP contribution is 2.29. The Hall–Kier alpha value is -3.19. The minimum absolute atomic E-state index is 0.0679. The Morgan fingerprint density at radius 3 is 2.83 bits per heavy atom. The zero-order valence-electron chi connectivity index (χ0n) is 21.1. The van der Waals surface area contributed by atoms with Gasteiger partial charge in [0.15, 0.2) is 5.65 Å². The van der Waals surface area contributed by atoms with Gasteiger partial charge in [0.25, 0.3) is 0 Å². The van der Waals surface area contributed by atoms with Crippen molar-refractivity contribution in [2.75, 3.05) is 25.0 Å². The zero-order chi connectivity index (χ0) is 25.9. The fraction of sp³-hybridized carbons (Fsp3) is 0.565. The fourth-order valence-corrected chi connectivity index (χ4v) is 4.63. The summed E-state index contributed by atoms with van der Waals surface area (Å²) >= 11 is 0. The summed E-state index contributed by atoms with van der Waals surface area (Å²) in [5, 5.41) is 17.3. The van der Waals surface area contributed by atoms with Crippen LogP contribution in [0.15, 0.2) is 24.7 Å². The lowest BCUT2D eigenvalue weighted by molar-refractivity contribution is 0.0215. The van der Waals surface area contributed by atoms with Crippen molar-refractivity contribution in [3.05, 3.63) is 24.7 Å². The average Bonchev–Trinajstić information content (AvgIpc) is 3.44. The maximum atomic E-state index is 14.7. The first-order valence-corrected chi connectivity index (χ1v) is 15.9. The number of nitrogens with one attached hydrogen (secondary N) is 1. The van der Waals surface area contributed by atoms with Crippen molar-refractivity contribution in [3.63, 3.8) is 0 Å². The van der Waals surface area contributed by atoms with Crippen LogP contribution in [0.2, 0.25) is 25.7 Å². The number of rotatable bonds is 10. The molecule has 2 atom stereocenters. The lowest BCUT2D eigenvalue weighted by Crippen LogP contribution is -2.49. The van der Waals surface area contributed by atoms with Crippen molar-refractivity contribution in [1.29, 1.82) is 0 Å². The maximum Gasteiger partial charge on any atom is 0.407 e. The number of aromatic nitrogens is 5. The minimum Gasteiger partial charge on any atom is -0.469 e. The van der Waals surface area contributed by atoms with E-state index in [4.69, 9.17) is 9.47 Å². The predicted molar refractivity (Wildman–Crippen MR) is 136 cm³/mol. The molecule has 13 heteroatoms. The second kappa shape index (κ2) is 10.8. The number of ether oxygens (including phenoxy) is 2. The number of nitrogens with zero attached hydrogens (tertiary/aromatic N) is 6. The second-order valence-corrected chi connectivity index (χ2v) is 15.7. The van der Waals surface area contributed by atoms with Gasteiger partial charge in [-0.25, -0.2) is 9.18 Å². The number of halogens is 1. The molecule has 1 saturated heterocycles. The summed E-state index contributed by atoms with van der Waals surface area (Å²) in [7, 11) is -1.22. The van der Waals surface area contributed by atoms with E-state index in [9.17, 15) is 14.3 Å².